The fourth-order valence-corrected chi connectivity index (χ4v) is 4.00. The number of thiazole rings is 1. The lowest BCUT2D eigenvalue weighted by atomic mass is 10.1. The molecule has 3 rings (SSSR count). The van der Waals surface area contributed by atoms with Crippen molar-refractivity contribution in [2.75, 3.05) is 33.2 Å². The van der Waals surface area contributed by atoms with Crippen molar-refractivity contribution in [2.45, 2.75) is 19.0 Å². The van der Waals surface area contributed by atoms with Crippen molar-refractivity contribution in [2.24, 2.45) is 5.73 Å². The molecule has 20 heavy (non-hydrogen) atoms. The van der Waals surface area contributed by atoms with Gasteiger partial charge >= 0.3 is 0 Å². The van der Waals surface area contributed by atoms with Crippen molar-refractivity contribution < 1.29 is 0 Å². The molecular formula is C15H22N4S. The molecule has 0 amide bonds. The Bertz CT molecular complexity index is 549. The zero-order valence-corrected chi connectivity index (χ0v) is 12.9. The molecule has 0 spiro atoms. The standard InChI is InChI=1S/C15H22N4S/c1-11(19-8-7-18(2)10-12(19)9-16)15-17-13-5-3-4-6-14(13)20-15/h3-6,11-12H,7-10,16H2,1-2H3. The van der Waals surface area contributed by atoms with E-state index in [1.165, 1.54) is 9.71 Å². The first-order valence-electron chi connectivity index (χ1n) is 7.19. The van der Waals surface area contributed by atoms with Crippen molar-refractivity contribution in [3.05, 3.63) is 29.3 Å². The van der Waals surface area contributed by atoms with Gasteiger partial charge in [0.1, 0.15) is 5.01 Å². The van der Waals surface area contributed by atoms with E-state index in [0.717, 1.165) is 25.2 Å². The van der Waals surface area contributed by atoms with Gasteiger partial charge in [-0.1, -0.05) is 12.1 Å². The summed E-state index contributed by atoms with van der Waals surface area (Å²) in [6.07, 6.45) is 0. The normalized spacial score (nSPS) is 23.2. The third-order valence-electron chi connectivity index (χ3n) is 4.17. The summed E-state index contributed by atoms with van der Waals surface area (Å²) < 4.78 is 1.27. The quantitative estimate of drug-likeness (QED) is 0.938. The van der Waals surface area contributed by atoms with Crippen molar-refractivity contribution in [3.63, 3.8) is 0 Å². The van der Waals surface area contributed by atoms with Gasteiger partial charge in [0.15, 0.2) is 0 Å². The van der Waals surface area contributed by atoms with Crippen molar-refractivity contribution in [1.29, 1.82) is 0 Å². The van der Waals surface area contributed by atoms with Crippen molar-refractivity contribution >= 4 is 21.6 Å². The molecule has 1 fully saturated rings. The second-order valence-electron chi connectivity index (χ2n) is 5.59. The van der Waals surface area contributed by atoms with Crippen LogP contribution in [-0.2, 0) is 0 Å². The summed E-state index contributed by atoms with van der Waals surface area (Å²) in [4.78, 5) is 9.67. The van der Waals surface area contributed by atoms with Crippen LogP contribution in [0.4, 0.5) is 0 Å². The number of hydrogen-bond acceptors (Lipinski definition) is 5. The summed E-state index contributed by atoms with van der Waals surface area (Å²) in [7, 11) is 2.17. The van der Waals surface area contributed by atoms with Gasteiger partial charge in [0.05, 0.1) is 16.3 Å². The number of piperazine rings is 1. The van der Waals surface area contributed by atoms with E-state index >= 15 is 0 Å². The predicted molar refractivity (Wildman–Crippen MR) is 85.1 cm³/mol. The van der Waals surface area contributed by atoms with Crippen LogP contribution in [-0.4, -0.2) is 54.1 Å². The molecule has 1 saturated heterocycles. The minimum atomic E-state index is 0.342. The van der Waals surface area contributed by atoms with Crippen LogP contribution in [0.1, 0.15) is 18.0 Å². The molecule has 2 unspecified atom stereocenters. The number of rotatable bonds is 3. The summed E-state index contributed by atoms with van der Waals surface area (Å²) in [5.41, 5.74) is 7.07. The molecule has 2 N–H and O–H groups in total. The van der Waals surface area contributed by atoms with E-state index in [2.05, 4.69) is 48.0 Å². The molecule has 1 aromatic heterocycles. The molecule has 1 aliphatic heterocycles. The van der Waals surface area contributed by atoms with Crippen LogP contribution in [0.5, 0.6) is 0 Å². The average molecular weight is 290 g/mol. The van der Waals surface area contributed by atoms with Gasteiger partial charge in [-0.25, -0.2) is 4.98 Å². The van der Waals surface area contributed by atoms with E-state index < -0.39 is 0 Å². The summed E-state index contributed by atoms with van der Waals surface area (Å²) in [5.74, 6) is 0. The Labute approximate surface area is 124 Å². The topological polar surface area (TPSA) is 45.4 Å². The van der Waals surface area contributed by atoms with Gasteiger partial charge < -0.3 is 10.6 Å². The lowest BCUT2D eigenvalue weighted by molar-refractivity contribution is 0.0621. The number of nitrogens with zero attached hydrogens (tertiary/aromatic N) is 3. The first kappa shape index (κ1) is 13.9. The van der Waals surface area contributed by atoms with E-state index in [-0.39, 0.29) is 0 Å². The Kier molecular flexibility index (Phi) is 4.03. The van der Waals surface area contributed by atoms with Gasteiger partial charge in [-0.05, 0) is 26.1 Å². The molecule has 1 aliphatic rings. The Hall–Kier alpha value is -1.01. The molecule has 1 aromatic carbocycles. The van der Waals surface area contributed by atoms with E-state index in [9.17, 15) is 0 Å². The van der Waals surface area contributed by atoms with Crippen LogP contribution < -0.4 is 5.73 Å². The third-order valence-corrected chi connectivity index (χ3v) is 5.38. The van der Waals surface area contributed by atoms with Gasteiger partial charge in [0.25, 0.3) is 0 Å². The molecule has 108 valence electrons. The second kappa shape index (κ2) is 5.77. The van der Waals surface area contributed by atoms with Gasteiger partial charge in [0.2, 0.25) is 0 Å². The summed E-state index contributed by atoms with van der Waals surface area (Å²) in [6.45, 7) is 6.18. The second-order valence-corrected chi connectivity index (χ2v) is 6.65. The molecule has 4 nitrogen and oxygen atoms in total. The molecular weight excluding hydrogens is 268 g/mol. The highest BCUT2D eigenvalue weighted by atomic mass is 32.1. The molecule has 0 saturated carbocycles. The number of hydrogen-bond donors (Lipinski definition) is 1. The van der Waals surface area contributed by atoms with Crippen molar-refractivity contribution in [1.82, 2.24) is 14.8 Å². The lowest BCUT2D eigenvalue weighted by Gasteiger charge is -2.42. The monoisotopic (exact) mass is 290 g/mol. The fourth-order valence-electron chi connectivity index (χ4n) is 2.96. The number of aromatic nitrogens is 1. The molecule has 0 radical (unpaired) electrons. The van der Waals surface area contributed by atoms with Crippen LogP contribution in [0, 0.1) is 0 Å². The van der Waals surface area contributed by atoms with E-state index in [1.807, 2.05) is 0 Å². The summed E-state index contributed by atoms with van der Waals surface area (Å²) in [6, 6.07) is 9.13. The predicted octanol–water partition coefficient (Wildman–Crippen LogP) is 1.93. The Balaban J connectivity index is 1.85. The van der Waals surface area contributed by atoms with Crippen LogP contribution in [0.25, 0.3) is 10.2 Å². The number of benzene rings is 1. The Morgan fingerprint density at radius 3 is 2.95 bits per heavy atom. The summed E-state index contributed by atoms with van der Waals surface area (Å²) in [5, 5.41) is 1.20. The van der Waals surface area contributed by atoms with E-state index in [1.54, 1.807) is 11.3 Å². The number of fused-ring (bicyclic) bond motifs is 1. The van der Waals surface area contributed by atoms with Gasteiger partial charge in [0, 0.05) is 32.2 Å². The van der Waals surface area contributed by atoms with Crippen LogP contribution >= 0.6 is 11.3 Å². The smallest absolute Gasteiger partial charge is 0.111 e. The van der Waals surface area contributed by atoms with Crippen molar-refractivity contribution in [3.8, 4) is 0 Å². The zero-order valence-electron chi connectivity index (χ0n) is 12.1. The van der Waals surface area contributed by atoms with E-state index in [4.69, 9.17) is 10.7 Å². The van der Waals surface area contributed by atoms with E-state index in [0.29, 0.717) is 18.6 Å². The van der Waals surface area contributed by atoms with Gasteiger partial charge in [-0.3, -0.25) is 4.90 Å². The molecule has 2 heterocycles. The first-order chi connectivity index (χ1) is 9.69. The molecule has 0 bridgehead atoms. The van der Waals surface area contributed by atoms with Crippen LogP contribution in [0.15, 0.2) is 24.3 Å². The average Bonchev–Trinajstić information content (AvgIpc) is 2.90. The highest BCUT2D eigenvalue weighted by Gasteiger charge is 2.29. The first-order valence-corrected chi connectivity index (χ1v) is 8.00. The number of para-hydroxylation sites is 1. The fraction of sp³-hybridized carbons (Fsp3) is 0.533. The molecule has 5 heteroatoms. The molecule has 0 aliphatic carbocycles. The van der Waals surface area contributed by atoms with Crippen LogP contribution in [0.3, 0.4) is 0 Å². The number of nitrogens with two attached hydrogens (primary N) is 1. The van der Waals surface area contributed by atoms with Gasteiger partial charge in [-0.2, -0.15) is 0 Å². The third kappa shape index (κ3) is 2.59. The summed E-state index contributed by atoms with van der Waals surface area (Å²) >= 11 is 1.81. The van der Waals surface area contributed by atoms with Gasteiger partial charge in [-0.15, -0.1) is 11.3 Å². The maximum absolute atomic E-state index is 5.96. The molecule has 2 atom stereocenters. The van der Waals surface area contributed by atoms with Crippen LogP contribution in [0.2, 0.25) is 0 Å². The largest absolute Gasteiger partial charge is 0.329 e. The zero-order chi connectivity index (χ0) is 14.1. The SMILES string of the molecule is CC(c1nc2ccccc2s1)N1CCN(C)CC1CN. The minimum Gasteiger partial charge on any atom is -0.329 e. The Morgan fingerprint density at radius 1 is 1.40 bits per heavy atom. The lowest BCUT2D eigenvalue weighted by Crippen LogP contribution is -2.55. The minimum absolute atomic E-state index is 0.342. The molecule has 2 aromatic rings. The number of likely N-dealkylation sites (N-methyl/N-ethyl adjacent to an activating group) is 1. The maximum Gasteiger partial charge on any atom is 0.111 e. The maximum atomic E-state index is 5.96. The Morgan fingerprint density at radius 2 is 2.20 bits per heavy atom. The highest BCUT2D eigenvalue weighted by molar-refractivity contribution is 7.18. The highest BCUT2D eigenvalue weighted by Crippen LogP contribution is 2.31.